The number of aromatic amines is 1. The second-order valence-electron chi connectivity index (χ2n) is 4.27. The molecular formula is C13H13BrF3N3. The molecule has 0 saturated carbocycles. The molecule has 1 aromatic carbocycles. The minimum absolute atomic E-state index is 0.0852. The van der Waals surface area contributed by atoms with Crippen LogP contribution in [0.3, 0.4) is 0 Å². The molecule has 2 aromatic rings. The van der Waals surface area contributed by atoms with E-state index < -0.39 is 11.7 Å². The highest BCUT2D eigenvalue weighted by atomic mass is 79.9. The zero-order valence-corrected chi connectivity index (χ0v) is 12.2. The Balaban J connectivity index is 2.21. The van der Waals surface area contributed by atoms with Crippen molar-refractivity contribution < 1.29 is 13.2 Å². The van der Waals surface area contributed by atoms with Crippen molar-refractivity contribution in [2.45, 2.75) is 25.6 Å². The van der Waals surface area contributed by atoms with Gasteiger partial charge >= 0.3 is 6.18 Å². The van der Waals surface area contributed by atoms with Crippen molar-refractivity contribution in [3.63, 3.8) is 0 Å². The molecule has 0 radical (unpaired) electrons. The second kappa shape index (κ2) is 5.87. The van der Waals surface area contributed by atoms with Crippen molar-refractivity contribution in [1.82, 2.24) is 9.97 Å². The van der Waals surface area contributed by atoms with Gasteiger partial charge in [-0.05, 0) is 40.5 Å². The normalized spacial score (nSPS) is 13.2. The van der Waals surface area contributed by atoms with Crippen LogP contribution in [0.25, 0.3) is 0 Å². The number of alkyl halides is 3. The van der Waals surface area contributed by atoms with Crippen molar-refractivity contribution >= 4 is 21.6 Å². The quantitative estimate of drug-likeness (QED) is 0.837. The Morgan fingerprint density at radius 2 is 2.15 bits per heavy atom. The lowest BCUT2D eigenvalue weighted by Gasteiger charge is -2.18. The van der Waals surface area contributed by atoms with Crippen molar-refractivity contribution in [2.24, 2.45) is 0 Å². The molecule has 0 amide bonds. The topological polar surface area (TPSA) is 40.7 Å². The fraction of sp³-hybridized carbons (Fsp3) is 0.308. The van der Waals surface area contributed by atoms with E-state index in [1.165, 1.54) is 6.07 Å². The summed E-state index contributed by atoms with van der Waals surface area (Å²) in [4.78, 5) is 7.15. The zero-order valence-electron chi connectivity index (χ0n) is 10.6. The number of nitrogens with zero attached hydrogens (tertiary/aromatic N) is 1. The van der Waals surface area contributed by atoms with E-state index in [1.807, 2.05) is 6.92 Å². The average Bonchev–Trinajstić information content (AvgIpc) is 2.90. The molecule has 2 rings (SSSR count). The molecule has 0 aliphatic heterocycles. The second-order valence-corrected chi connectivity index (χ2v) is 5.13. The Labute approximate surface area is 122 Å². The number of halogens is 4. The van der Waals surface area contributed by atoms with Crippen molar-refractivity contribution in [2.75, 3.05) is 5.32 Å². The van der Waals surface area contributed by atoms with E-state index in [2.05, 4.69) is 31.2 Å². The van der Waals surface area contributed by atoms with Gasteiger partial charge in [-0.3, -0.25) is 0 Å². The van der Waals surface area contributed by atoms with E-state index in [9.17, 15) is 13.2 Å². The van der Waals surface area contributed by atoms with E-state index in [-0.39, 0.29) is 6.04 Å². The fourth-order valence-corrected chi connectivity index (χ4v) is 2.32. The summed E-state index contributed by atoms with van der Waals surface area (Å²) in [5.74, 6) is 0.749. The first kappa shape index (κ1) is 14.9. The zero-order chi connectivity index (χ0) is 14.8. The lowest BCUT2D eigenvalue weighted by atomic mass is 10.1. The van der Waals surface area contributed by atoms with Crippen LogP contribution in [0.1, 0.15) is 30.8 Å². The summed E-state index contributed by atoms with van der Waals surface area (Å²) in [5.41, 5.74) is -0.0813. The maximum Gasteiger partial charge on any atom is 0.416 e. The standard InChI is InChI=1S/C13H13BrF3N3/c1-2-10(12-18-5-6-19-12)20-11-4-3-8(7-9(11)14)13(15,16)17/h3-7,10,20H,2H2,1H3,(H,18,19). The molecule has 0 fully saturated rings. The summed E-state index contributed by atoms with van der Waals surface area (Å²) in [5, 5.41) is 3.17. The molecule has 1 atom stereocenters. The van der Waals surface area contributed by atoms with Crippen LogP contribution in [0.5, 0.6) is 0 Å². The van der Waals surface area contributed by atoms with Gasteiger partial charge in [-0.2, -0.15) is 13.2 Å². The third kappa shape index (κ3) is 3.33. The van der Waals surface area contributed by atoms with Gasteiger partial charge in [-0.25, -0.2) is 4.98 Å². The van der Waals surface area contributed by atoms with Crippen molar-refractivity contribution in [3.8, 4) is 0 Å². The maximum absolute atomic E-state index is 12.6. The van der Waals surface area contributed by atoms with Gasteiger partial charge in [0.2, 0.25) is 0 Å². The number of nitrogens with one attached hydrogen (secondary N) is 2. The SMILES string of the molecule is CCC(Nc1ccc(C(F)(F)F)cc1Br)c1ncc[nH]1. The minimum Gasteiger partial charge on any atom is -0.374 e. The Hall–Kier alpha value is -1.50. The largest absolute Gasteiger partial charge is 0.416 e. The van der Waals surface area contributed by atoms with Crippen molar-refractivity contribution in [3.05, 3.63) is 46.5 Å². The average molecular weight is 348 g/mol. The smallest absolute Gasteiger partial charge is 0.374 e. The Kier molecular flexibility index (Phi) is 4.37. The van der Waals surface area contributed by atoms with Gasteiger partial charge in [-0.1, -0.05) is 6.92 Å². The molecule has 1 unspecified atom stereocenters. The van der Waals surface area contributed by atoms with Crippen LogP contribution in [0.4, 0.5) is 18.9 Å². The first-order valence-electron chi connectivity index (χ1n) is 6.04. The van der Waals surface area contributed by atoms with Gasteiger partial charge in [0.15, 0.2) is 0 Å². The third-order valence-electron chi connectivity index (χ3n) is 2.88. The highest BCUT2D eigenvalue weighted by molar-refractivity contribution is 9.10. The van der Waals surface area contributed by atoms with Gasteiger partial charge in [-0.15, -0.1) is 0 Å². The molecule has 0 spiro atoms. The van der Waals surface area contributed by atoms with Gasteiger partial charge in [0, 0.05) is 22.6 Å². The van der Waals surface area contributed by atoms with Crippen LogP contribution in [0.2, 0.25) is 0 Å². The summed E-state index contributed by atoms with van der Waals surface area (Å²) in [6.07, 6.45) is -0.240. The van der Waals surface area contributed by atoms with Gasteiger partial charge < -0.3 is 10.3 Å². The Bertz CT molecular complexity index is 567. The third-order valence-corrected chi connectivity index (χ3v) is 3.54. The molecule has 2 N–H and O–H groups in total. The van der Waals surface area contributed by atoms with Gasteiger partial charge in [0.05, 0.1) is 11.6 Å². The molecule has 0 saturated heterocycles. The highest BCUT2D eigenvalue weighted by Gasteiger charge is 2.31. The molecule has 0 aliphatic rings. The van der Waals surface area contributed by atoms with Crippen LogP contribution in [0.15, 0.2) is 35.1 Å². The molecule has 1 heterocycles. The van der Waals surface area contributed by atoms with Gasteiger partial charge in [0.1, 0.15) is 5.82 Å². The van der Waals surface area contributed by atoms with Crippen LogP contribution in [0, 0.1) is 0 Å². The highest BCUT2D eigenvalue weighted by Crippen LogP contribution is 2.35. The number of hydrogen-bond acceptors (Lipinski definition) is 2. The molecule has 7 heteroatoms. The van der Waals surface area contributed by atoms with Crippen LogP contribution < -0.4 is 5.32 Å². The number of imidazole rings is 1. The predicted molar refractivity (Wildman–Crippen MR) is 74.4 cm³/mol. The van der Waals surface area contributed by atoms with E-state index in [4.69, 9.17) is 0 Å². The van der Waals surface area contributed by atoms with E-state index >= 15 is 0 Å². The number of hydrogen-bond donors (Lipinski definition) is 2. The number of H-pyrrole nitrogens is 1. The maximum atomic E-state index is 12.6. The summed E-state index contributed by atoms with van der Waals surface area (Å²) in [6.45, 7) is 1.97. The lowest BCUT2D eigenvalue weighted by molar-refractivity contribution is -0.137. The molecule has 3 nitrogen and oxygen atoms in total. The Morgan fingerprint density at radius 3 is 2.65 bits per heavy atom. The first-order chi connectivity index (χ1) is 9.41. The predicted octanol–water partition coefficient (Wildman–Crippen LogP) is 4.75. The van der Waals surface area contributed by atoms with Crippen LogP contribution in [-0.2, 0) is 6.18 Å². The van der Waals surface area contributed by atoms with Crippen LogP contribution >= 0.6 is 15.9 Å². The fourth-order valence-electron chi connectivity index (χ4n) is 1.83. The molecule has 0 aliphatic carbocycles. The van der Waals surface area contributed by atoms with E-state index in [0.717, 1.165) is 24.4 Å². The van der Waals surface area contributed by atoms with E-state index in [0.29, 0.717) is 10.2 Å². The number of aromatic nitrogens is 2. The summed E-state index contributed by atoms with van der Waals surface area (Å²) in [7, 11) is 0. The summed E-state index contributed by atoms with van der Waals surface area (Å²) in [6, 6.07) is 3.45. The Morgan fingerprint density at radius 1 is 1.40 bits per heavy atom. The molecule has 20 heavy (non-hydrogen) atoms. The molecule has 1 aromatic heterocycles. The minimum atomic E-state index is -4.34. The lowest BCUT2D eigenvalue weighted by Crippen LogP contribution is -2.12. The van der Waals surface area contributed by atoms with Crippen molar-refractivity contribution in [1.29, 1.82) is 0 Å². The summed E-state index contributed by atoms with van der Waals surface area (Å²) >= 11 is 3.17. The van der Waals surface area contributed by atoms with E-state index in [1.54, 1.807) is 12.4 Å². The summed E-state index contributed by atoms with van der Waals surface area (Å²) < 4.78 is 38.2. The van der Waals surface area contributed by atoms with Gasteiger partial charge in [0.25, 0.3) is 0 Å². The number of rotatable bonds is 4. The van der Waals surface area contributed by atoms with Crippen LogP contribution in [-0.4, -0.2) is 9.97 Å². The number of anilines is 1. The monoisotopic (exact) mass is 347 g/mol. The molecule has 0 bridgehead atoms. The first-order valence-corrected chi connectivity index (χ1v) is 6.83. The molecular weight excluding hydrogens is 335 g/mol. The molecule has 108 valence electrons. The number of benzene rings is 1.